The van der Waals surface area contributed by atoms with E-state index in [4.69, 9.17) is 0 Å². The normalized spacial score (nSPS) is 10.1. The van der Waals surface area contributed by atoms with Crippen molar-refractivity contribution in [3.8, 4) is 16.9 Å². The average Bonchev–Trinajstić information content (AvgIpc) is 2.94. The Morgan fingerprint density at radius 1 is 0.400 bits per heavy atom. The smallest absolute Gasteiger partial charge is 0.196 e. The van der Waals surface area contributed by atoms with Crippen molar-refractivity contribution < 1.29 is 14.7 Å². The Morgan fingerprint density at radius 2 is 0.800 bits per heavy atom. The van der Waals surface area contributed by atoms with Gasteiger partial charge in [-0.25, -0.2) is 0 Å². The molecule has 0 spiro atoms. The maximum atomic E-state index is 12.3. The summed E-state index contributed by atoms with van der Waals surface area (Å²) in [5.74, 6) is -0.0785. The summed E-state index contributed by atoms with van der Waals surface area (Å²) < 4.78 is 0. The predicted octanol–water partition coefficient (Wildman–Crippen LogP) is 7.21. The lowest BCUT2D eigenvalue weighted by atomic mass is 9.99. The summed E-state index contributed by atoms with van der Waals surface area (Å²) in [6.45, 7) is 0. The zero-order chi connectivity index (χ0) is 24.5. The number of phenols is 1. The molecule has 35 heavy (non-hydrogen) atoms. The Hall–Kier alpha value is -4.76. The molecule has 3 nitrogen and oxygen atoms in total. The standard InChI is InChI=1S/C19H14O.C13H10O2/c20-19(17-9-5-2-6-10-17)18-13-11-16(12-14-18)15-7-3-1-4-8-15;14-12-9-5-4-8-11(12)13(15)10-6-2-1-3-7-10/h1-14H;1-9,14H. The highest BCUT2D eigenvalue weighted by Gasteiger charge is 2.11. The molecular formula is C32H24O3. The number of carbonyl (C=O) groups excluding carboxylic acids is 2. The fraction of sp³-hybridized carbons (Fsp3) is 0. The molecule has 0 unspecified atom stereocenters. The van der Waals surface area contributed by atoms with Crippen molar-refractivity contribution in [3.63, 3.8) is 0 Å². The van der Waals surface area contributed by atoms with Gasteiger partial charge in [-0.15, -0.1) is 0 Å². The van der Waals surface area contributed by atoms with E-state index in [2.05, 4.69) is 12.1 Å². The van der Waals surface area contributed by atoms with Gasteiger partial charge in [0.1, 0.15) is 5.75 Å². The second kappa shape index (κ2) is 11.4. The van der Waals surface area contributed by atoms with Crippen molar-refractivity contribution >= 4 is 11.6 Å². The van der Waals surface area contributed by atoms with Gasteiger partial charge in [0.2, 0.25) is 0 Å². The van der Waals surface area contributed by atoms with Gasteiger partial charge in [-0.3, -0.25) is 9.59 Å². The monoisotopic (exact) mass is 456 g/mol. The number of phenolic OH excluding ortho intramolecular Hbond substituents is 1. The fourth-order valence-electron chi connectivity index (χ4n) is 3.61. The number of carbonyl (C=O) groups is 2. The first-order valence-electron chi connectivity index (χ1n) is 11.3. The third kappa shape index (κ3) is 5.98. The van der Waals surface area contributed by atoms with Crippen LogP contribution in [0.3, 0.4) is 0 Å². The van der Waals surface area contributed by atoms with E-state index in [1.165, 1.54) is 6.07 Å². The Balaban J connectivity index is 0.000000172. The van der Waals surface area contributed by atoms with Crippen LogP contribution in [0.5, 0.6) is 5.75 Å². The van der Waals surface area contributed by atoms with Crippen molar-refractivity contribution in [2.45, 2.75) is 0 Å². The first-order valence-corrected chi connectivity index (χ1v) is 11.3. The summed E-state index contributed by atoms with van der Waals surface area (Å²) in [7, 11) is 0. The number of hydrogen-bond acceptors (Lipinski definition) is 3. The van der Waals surface area contributed by atoms with Gasteiger partial charge in [-0.1, -0.05) is 127 Å². The molecule has 5 aromatic carbocycles. The zero-order valence-electron chi connectivity index (χ0n) is 19.0. The van der Waals surface area contributed by atoms with Crippen LogP contribution in [-0.4, -0.2) is 16.7 Å². The van der Waals surface area contributed by atoms with Crippen molar-refractivity contribution in [1.82, 2.24) is 0 Å². The van der Waals surface area contributed by atoms with Crippen LogP contribution in [0.15, 0.2) is 140 Å². The van der Waals surface area contributed by atoms with Crippen molar-refractivity contribution in [2.24, 2.45) is 0 Å². The van der Waals surface area contributed by atoms with E-state index >= 15 is 0 Å². The van der Waals surface area contributed by atoms with Gasteiger partial charge in [0.05, 0.1) is 5.56 Å². The molecule has 1 N–H and O–H groups in total. The largest absolute Gasteiger partial charge is 0.507 e. The van der Waals surface area contributed by atoms with Crippen LogP contribution in [-0.2, 0) is 0 Å². The minimum Gasteiger partial charge on any atom is -0.507 e. The second-order valence-electron chi connectivity index (χ2n) is 7.85. The molecule has 0 aromatic heterocycles. The summed E-state index contributed by atoms with van der Waals surface area (Å²) in [6.07, 6.45) is 0. The minimum atomic E-state index is -0.159. The first kappa shape index (κ1) is 23.4. The molecule has 0 radical (unpaired) electrons. The summed E-state index contributed by atoms with van der Waals surface area (Å²) in [4.78, 5) is 24.2. The molecule has 0 bridgehead atoms. The Kier molecular flexibility index (Phi) is 7.62. The Labute approximate surface area is 205 Å². The van der Waals surface area contributed by atoms with E-state index in [0.717, 1.165) is 22.3 Å². The SMILES string of the molecule is O=C(c1ccccc1)c1ccc(-c2ccccc2)cc1.O=C(c1ccccc1)c1ccccc1O. The Bertz CT molecular complexity index is 1390. The van der Waals surface area contributed by atoms with Gasteiger partial charge in [0.25, 0.3) is 0 Å². The number of rotatable bonds is 5. The molecular weight excluding hydrogens is 432 g/mol. The number of benzene rings is 5. The molecule has 0 saturated carbocycles. The highest BCUT2D eigenvalue weighted by atomic mass is 16.3. The lowest BCUT2D eigenvalue weighted by molar-refractivity contribution is 0.102. The van der Waals surface area contributed by atoms with E-state index in [1.54, 1.807) is 42.5 Å². The molecule has 0 aliphatic rings. The van der Waals surface area contributed by atoms with Crippen molar-refractivity contribution in [2.75, 3.05) is 0 Å². The van der Waals surface area contributed by atoms with Gasteiger partial charge in [-0.05, 0) is 23.3 Å². The molecule has 5 aromatic rings. The molecule has 0 fully saturated rings. The Morgan fingerprint density at radius 3 is 1.34 bits per heavy atom. The van der Waals surface area contributed by atoms with Gasteiger partial charge in [0.15, 0.2) is 11.6 Å². The molecule has 3 heteroatoms. The molecule has 0 aliphatic heterocycles. The fourth-order valence-corrected chi connectivity index (χ4v) is 3.61. The van der Waals surface area contributed by atoms with E-state index < -0.39 is 0 Å². The molecule has 5 rings (SSSR count). The number of aromatic hydroxyl groups is 1. The highest BCUT2D eigenvalue weighted by Crippen LogP contribution is 2.21. The van der Waals surface area contributed by atoms with E-state index in [-0.39, 0.29) is 17.3 Å². The summed E-state index contributed by atoms with van der Waals surface area (Å²) >= 11 is 0. The number of para-hydroxylation sites is 1. The maximum Gasteiger partial charge on any atom is 0.196 e. The van der Waals surface area contributed by atoms with Gasteiger partial charge in [0, 0.05) is 16.7 Å². The van der Waals surface area contributed by atoms with Crippen LogP contribution in [0.25, 0.3) is 11.1 Å². The zero-order valence-corrected chi connectivity index (χ0v) is 19.0. The predicted molar refractivity (Wildman–Crippen MR) is 140 cm³/mol. The average molecular weight is 457 g/mol. The van der Waals surface area contributed by atoms with Crippen LogP contribution < -0.4 is 0 Å². The lowest BCUT2D eigenvalue weighted by Crippen LogP contribution is -2.00. The van der Waals surface area contributed by atoms with Crippen molar-refractivity contribution in [3.05, 3.63) is 162 Å². The summed E-state index contributed by atoms with van der Waals surface area (Å²) in [5, 5.41) is 9.52. The number of ketones is 2. The molecule has 0 atom stereocenters. The van der Waals surface area contributed by atoms with Crippen LogP contribution in [0.4, 0.5) is 0 Å². The first-order chi connectivity index (χ1) is 17.1. The van der Waals surface area contributed by atoms with Crippen LogP contribution >= 0.6 is 0 Å². The van der Waals surface area contributed by atoms with E-state index in [9.17, 15) is 14.7 Å². The van der Waals surface area contributed by atoms with Crippen LogP contribution in [0.1, 0.15) is 31.8 Å². The second-order valence-corrected chi connectivity index (χ2v) is 7.85. The van der Waals surface area contributed by atoms with Gasteiger partial charge < -0.3 is 5.11 Å². The summed E-state index contributed by atoms with van der Waals surface area (Å²) in [6, 6.07) is 42.7. The third-order valence-electron chi connectivity index (χ3n) is 5.47. The van der Waals surface area contributed by atoms with E-state index in [0.29, 0.717) is 11.1 Å². The third-order valence-corrected chi connectivity index (χ3v) is 5.47. The van der Waals surface area contributed by atoms with E-state index in [1.807, 2.05) is 78.9 Å². The highest BCUT2D eigenvalue weighted by molar-refractivity contribution is 6.10. The molecule has 0 saturated heterocycles. The van der Waals surface area contributed by atoms with Crippen LogP contribution in [0, 0.1) is 0 Å². The maximum absolute atomic E-state index is 12.3. The quantitative estimate of drug-likeness (QED) is 0.284. The van der Waals surface area contributed by atoms with Gasteiger partial charge in [-0.2, -0.15) is 0 Å². The van der Waals surface area contributed by atoms with Crippen LogP contribution in [0.2, 0.25) is 0 Å². The molecule has 170 valence electrons. The molecule has 0 amide bonds. The molecule has 0 heterocycles. The van der Waals surface area contributed by atoms with Gasteiger partial charge >= 0.3 is 0 Å². The topological polar surface area (TPSA) is 54.4 Å². The number of hydrogen-bond donors (Lipinski definition) is 1. The lowest BCUT2D eigenvalue weighted by Gasteiger charge is -2.04. The van der Waals surface area contributed by atoms with Crippen molar-refractivity contribution in [1.29, 1.82) is 0 Å². The summed E-state index contributed by atoms with van der Waals surface area (Å²) in [5.41, 5.74) is 4.64. The molecule has 0 aliphatic carbocycles. The minimum absolute atomic E-state index is 0.0198.